The molecule has 3 atom stereocenters. The molecule has 0 spiro atoms. The van der Waals surface area contributed by atoms with Gasteiger partial charge in [-0.05, 0) is 0 Å². The number of nitrogens with two attached hydrogens (primary N) is 1. The highest BCUT2D eigenvalue weighted by Crippen LogP contribution is 1.99. The number of aliphatic hydroxyl groups excluding tert-OH is 4. The lowest BCUT2D eigenvalue weighted by Crippen LogP contribution is -2.50. The van der Waals surface area contributed by atoms with E-state index in [0.29, 0.717) is 0 Å². The molecular weight excluding hydrogens is 168 g/mol. The molecule has 0 saturated heterocycles. The predicted molar refractivity (Wildman–Crippen MR) is 37.4 cm³/mol. The van der Waals surface area contributed by atoms with E-state index in [0.717, 1.165) is 0 Å². The fourth-order valence-electron chi connectivity index (χ4n) is 0.559. The van der Waals surface area contributed by atoms with Gasteiger partial charge in [0, 0.05) is 0 Å². The van der Waals surface area contributed by atoms with Gasteiger partial charge in [0.1, 0.15) is 12.2 Å². The van der Waals surface area contributed by atoms with Crippen molar-refractivity contribution in [3.63, 3.8) is 0 Å². The summed E-state index contributed by atoms with van der Waals surface area (Å²) in [7, 11) is 0. The van der Waals surface area contributed by atoms with Crippen molar-refractivity contribution in [2.24, 2.45) is 5.84 Å². The zero-order chi connectivity index (χ0) is 9.72. The molecule has 7 nitrogen and oxygen atoms in total. The minimum atomic E-state index is -1.85. The van der Waals surface area contributed by atoms with Crippen LogP contribution in [0.1, 0.15) is 0 Å². The van der Waals surface area contributed by atoms with E-state index in [4.69, 9.17) is 20.4 Å². The van der Waals surface area contributed by atoms with E-state index in [2.05, 4.69) is 5.84 Å². The Morgan fingerprint density at radius 2 is 1.92 bits per heavy atom. The van der Waals surface area contributed by atoms with Gasteiger partial charge in [-0.25, -0.2) is 5.84 Å². The van der Waals surface area contributed by atoms with Crippen molar-refractivity contribution in [3.05, 3.63) is 0 Å². The average molecular weight is 180 g/mol. The normalized spacial score (nSPS) is 18.1. The van der Waals surface area contributed by atoms with Gasteiger partial charge in [-0.15, -0.1) is 0 Å². The first-order valence-electron chi connectivity index (χ1n) is 3.20. The van der Waals surface area contributed by atoms with Gasteiger partial charge in [-0.2, -0.15) is 0 Å². The third-order valence-corrected chi connectivity index (χ3v) is 1.32. The molecule has 0 aromatic carbocycles. The molecule has 0 radical (unpaired) electrons. The van der Waals surface area contributed by atoms with Gasteiger partial charge in [0.15, 0.2) is 6.10 Å². The van der Waals surface area contributed by atoms with Crippen molar-refractivity contribution >= 4 is 5.91 Å². The number of carbonyl (C=O) groups excluding carboxylic acids is 1. The summed E-state index contributed by atoms with van der Waals surface area (Å²) in [6.07, 6.45) is -5.17. The molecule has 0 aromatic rings. The highest BCUT2D eigenvalue weighted by atomic mass is 16.4. The highest BCUT2D eigenvalue weighted by molar-refractivity contribution is 5.80. The molecule has 7 N–H and O–H groups in total. The molecule has 72 valence electrons. The summed E-state index contributed by atoms with van der Waals surface area (Å²) in [6.45, 7) is -0.754. The summed E-state index contributed by atoms with van der Waals surface area (Å²) in [5.41, 5.74) is 1.58. The van der Waals surface area contributed by atoms with Crippen LogP contribution in [0.4, 0.5) is 0 Å². The van der Waals surface area contributed by atoms with Crippen LogP contribution in [0.25, 0.3) is 0 Å². The maximum atomic E-state index is 10.5. The van der Waals surface area contributed by atoms with E-state index in [1.54, 1.807) is 5.43 Å². The maximum absolute atomic E-state index is 10.5. The van der Waals surface area contributed by atoms with Gasteiger partial charge in [-0.1, -0.05) is 0 Å². The largest absolute Gasteiger partial charge is 0.394 e. The van der Waals surface area contributed by atoms with E-state index >= 15 is 0 Å². The molecule has 0 bridgehead atoms. The van der Waals surface area contributed by atoms with E-state index in [-0.39, 0.29) is 0 Å². The Balaban J connectivity index is 4.08. The number of hydrazine groups is 1. The molecule has 0 fully saturated rings. The van der Waals surface area contributed by atoms with Crippen LogP contribution in [0.3, 0.4) is 0 Å². The molecule has 0 aliphatic carbocycles. The monoisotopic (exact) mass is 180 g/mol. The molecule has 0 saturated carbocycles. The Morgan fingerprint density at radius 1 is 1.42 bits per heavy atom. The second-order valence-electron chi connectivity index (χ2n) is 2.19. The van der Waals surface area contributed by atoms with Crippen LogP contribution in [0, 0.1) is 0 Å². The lowest BCUT2D eigenvalue weighted by atomic mass is 10.1. The number of nitrogens with one attached hydrogen (secondary N) is 1. The molecule has 0 aliphatic heterocycles. The highest BCUT2D eigenvalue weighted by Gasteiger charge is 2.29. The number of hydrogen-bond acceptors (Lipinski definition) is 6. The summed E-state index contributed by atoms with van der Waals surface area (Å²) in [5, 5.41) is 34.9. The van der Waals surface area contributed by atoms with Crippen LogP contribution in [0.15, 0.2) is 0 Å². The lowest BCUT2D eigenvalue weighted by Gasteiger charge is -2.19. The van der Waals surface area contributed by atoms with Crippen molar-refractivity contribution < 1.29 is 25.2 Å². The number of aliphatic hydroxyl groups is 4. The number of hydrogen-bond donors (Lipinski definition) is 6. The van der Waals surface area contributed by atoms with E-state index in [9.17, 15) is 4.79 Å². The van der Waals surface area contributed by atoms with Crippen molar-refractivity contribution in [1.29, 1.82) is 0 Å². The summed E-state index contributed by atoms with van der Waals surface area (Å²) >= 11 is 0. The molecule has 0 rings (SSSR count). The Hall–Kier alpha value is -0.730. The lowest BCUT2D eigenvalue weighted by molar-refractivity contribution is -0.142. The summed E-state index contributed by atoms with van der Waals surface area (Å²) in [6, 6.07) is 0. The third-order valence-electron chi connectivity index (χ3n) is 1.32. The van der Waals surface area contributed by atoms with Crippen LogP contribution in [0.2, 0.25) is 0 Å². The van der Waals surface area contributed by atoms with Gasteiger partial charge in [0.25, 0.3) is 5.91 Å². The Morgan fingerprint density at radius 3 is 2.25 bits per heavy atom. The predicted octanol–water partition coefficient (Wildman–Crippen LogP) is -3.95. The second kappa shape index (κ2) is 5.01. The number of carbonyl (C=O) groups is 1. The minimum Gasteiger partial charge on any atom is -0.394 e. The average Bonchev–Trinajstić information content (AvgIpc) is 2.12. The van der Waals surface area contributed by atoms with Gasteiger partial charge in [0.2, 0.25) is 0 Å². The molecule has 0 unspecified atom stereocenters. The SMILES string of the molecule is NNC(=O)[C@@H](O)[C@@H](O)[C@@H](O)CO. The van der Waals surface area contributed by atoms with Crippen molar-refractivity contribution in [3.8, 4) is 0 Å². The molecule has 0 aromatic heterocycles. The topological polar surface area (TPSA) is 136 Å². The minimum absolute atomic E-state index is 0.754. The van der Waals surface area contributed by atoms with Crippen LogP contribution in [-0.4, -0.2) is 51.3 Å². The van der Waals surface area contributed by atoms with Crippen LogP contribution >= 0.6 is 0 Å². The maximum Gasteiger partial charge on any atom is 0.265 e. The summed E-state index contributed by atoms with van der Waals surface area (Å²) < 4.78 is 0. The summed E-state index contributed by atoms with van der Waals surface area (Å²) in [4.78, 5) is 10.5. The fourth-order valence-corrected chi connectivity index (χ4v) is 0.559. The molecule has 0 aliphatic rings. The molecule has 12 heavy (non-hydrogen) atoms. The molecule has 1 amide bonds. The first kappa shape index (κ1) is 11.3. The van der Waals surface area contributed by atoms with Crippen molar-refractivity contribution in [2.45, 2.75) is 18.3 Å². The molecule has 7 heteroatoms. The first-order valence-corrected chi connectivity index (χ1v) is 3.20. The quantitative estimate of drug-likeness (QED) is 0.148. The van der Waals surface area contributed by atoms with Gasteiger partial charge >= 0.3 is 0 Å². The van der Waals surface area contributed by atoms with Crippen molar-refractivity contribution in [2.75, 3.05) is 6.61 Å². The Kier molecular flexibility index (Phi) is 4.71. The van der Waals surface area contributed by atoms with E-state index < -0.39 is 30.8 Å². The first-order chi connectivity index (χ1) is 5.54. The molecule has 0 heterocycles. The Labute approximate surface area is 68.4 Å². The Bertz CT molecular complexity index is 153. The van der Waals surface area contributed by atoms with Gasteiger partial charge < -0.3 is 20.4 Å². The van der Waals surface area contributed by atoms with Gasteiger partial charge in [-0.3, -0.25) is 10.2 Å². The van der Waals surface area contributed by atoms with Crippen LogP contribution < -0.4 is 11.3 Å². The number of rotatable bonds is 4. The number of amides is 1. The van der Waals surface area contributed by atoms with Crippen LogP contribution in [0.5, 0.6) is 0 Å². The van der Waals surface area contributed by atoms with Crippen LogP contribution in [-0.2, 0) is 4.79 Å². The van der Waals surface area contributed by atoms with E-state index in [1.165, 1.54) is 0 Å². The smallest absolute Gasteiger partial charge is 0.265 e. The van der Waals surface area contributed by atoms with E-state index in [1.807, 2.05) is 0 Å². The zero-order valence-corrected chi connectivity index (χ0v) is 6.21. The molecular formula is C5H12N2O5. The van der Waals surface area contributed by atoms with Crippen molar-refractivity contribution in [1.82, 2.24) is 5.43 Å². The summed E-state index contributed by atoms with van der Waals surface area (Å²) in [5.74, 6) is 3.61. The fraction of sp³-hybridized carbons (Fsp3) is 0.800. The van der Waals surface area contributed by atoms with Gasteiger partial charge in [0.05, 0.1) is 6.61 Å². The third kappa shape index (κ3) is 2.72. The standard InChI is InChI=1S/C5H12N2O5/c6-7-5(12)4(11)3(10)2(9)1-8/h2-4,8-11H,1,6H2,(H,7,12)/t2-,3-,4-/m0/s1. The zero-order valence-electron chi connectivity index (χ0n) is 6.21. The second-order valence-corrected chi connectivity index (χ2v) is 2.19.